The zero-order valence-electron chi connectivity index (χ0n) is 7.02. The summed E-state index contributed by atoms with van der Waals surface area (Å²) in [5.41, 5.74) is 2.75. The summed E-state index contributed by atoms with van der Waals surface area (Å²) in [6.45, 7) is 5.13. The van der Waals surface area contributed by atoms with Crippen molar-refractivity contribution >= 4 is 17.5 Å². The van der Waals surface area contributed by atoms with Gasteiger partial charge in [0.25, 0.3) is 5.91 Å². The summed E-state index contributed by atoms with van der Waals surface area (Å²) >= 11 is 5.44. The van der Waals surface area contributed by atoms with Crippen LogP contribution < -0.4 is 5.73 Å². The molecule has 4 heteroatoms. The summed E-state index contributed by atoms with van der Waals surface area (Å²) in [5, 5.41) is 9.63. The van der Waals surface area contributed by atoms with Gasteiger partial charge in [0.05, 0.1) is 5.88 Å². The van der Waals surface area contributed by atoms with Gasteiger partial charge in [0.15, 0.2) is 5.60 Å². The Hall–Kier alpha value is -0.280. The zero-order valence-corrected chi connectivity index (χ0v) is 7.77. The highest BCUT2D eigenvalue weighted by Gasteiger charge is 2.44. The molecule has 3 nitrogen and oxygen atoms in total. The SMILES string of the molecule is CC(C)(C)C(O)(CCl)C(N)=O. The topological polar surface area (TPSA) is 63.3 Å². The van der Waals surface area contributed by atoms with Crippen LogP contribution in [0.3, 0.4) is 0 Å². The highest BCUT2D eigenvalue weighted by molar-refractivity contribution is 6.20. The fourth-order valence-corrected chi connectivity index (χ4v) is 1.17. The molecule has 0 aliphatic rings. The highest BCUT2D eigenvalue weighted by Crippen LogP contribution is 2.30. The number of hydrogen-bond donors (Lipinski definition) is 2. The molecule has 0 bridgehead atoms. The lowest BCUT2D eigenvalue weighted by molar-refractivity contribution is -0.144. The summed E-state index contributed by atoms with van der Waals surface area (Å²) in [6, 6.07) is 0. The quantitative estimate of drug-likeness (QED) is 0.606. The summed E-state index contributed by atoms with van der Waals surface area (Å²) in [5.74, 6) is -0.953. The van der Waals surface area contributed by atoms with Crippen LogP contribution >= 0.6 is 11.6 Å². The van der Waals surface area contributed by atoms with Gasteiger partial charge < -0.3 is 10.8 Å². The Kier molecular flexibility index (Phi) is 2.91. The first-order valence-corrected chi connectivity index (χ1v) is 3.87. The lowest BCUT2D eigenvalue weighted by atomic mass is 9.77. The predicted octanol–water partition coefficient (Wildman–Crippen LogP) is 0.488. The Morgan fingerprint density at radius 3 is 1.91 bits per heavy atom. The molecule has 0 heterocycles. The third-order valence-corrected chi connectivity index (χ3v) is 2.23. The average molecular weight is 180 g/mol. The first-order chi connectivity index (χ1) is 4.75. The number of primary amides is 1. The van der Waals surface area contributed by atoms with Gasteiger partial charge in [-0.25, -0.2) is 0 Å². The molecule has 1 amide bonds. The second-order valence-corrected chi connectivity index (χ2v) is 3.88. The van der Waals surface area contributed by atoms with Gasteiger partial charge in [0.1, 0.15) is 0 Å². The lowest BCUT2D eigenvalue weighted by Crippen LogP contribution is -2.55. The van der Waals surface area contributed by atoms with E-state index in [9.17, 15) is 9.90 Å². The van der Waals surface area contributed by atoms with E-state index in [1.807, 2.05) is 0 Å². The largest absolute Gasteiger partial charge is 0.378 e. The number of carbonyl (C=O) groups is 1. The number of aliphatic hydroxyl groups is 1. The number of halogens is 1. The second-order valence-electron chi connectivity index (χ2n) is 3.61. The van der Waals surface area contributed by atoms with Crippen molar-refractivity contribution in [3.63, 3.8) is 0 Å². The van der Waals surface area contributed by atoms with Crippen LogP contribution in [0.4, 0.5) is 0 Å². The Morgan fingerprint density at radius 1 is 1.55 bits per heavy atom. The molecule has 0 saturated carbocycles. The minimum Gasteiger partial charge on any atom is -0.378 e. The summed E-state index contributed by atoms with van der Waals surface area (Å²) in [6.07, 6.45) is 0. The summed E-state index contributed by atoms with van der Waals surface area (Å²) in [7, 11) is 0. The van der Waals surface area contributed by atoms with Crippen molar-refractivity contribution in [3.05, 3.63) is 0 Å². The lowest BCUT2D eigenvalue weighted by Gasteiger charge is -2.35. The van der Waals surface area contributed by atoms with Gasteiger partial charge in [-0.1, -0.05) is 20.8 Å². The number of hydrogen-bond acceptors (Lipinski definition) is 2. The monoisotopic (exact) mass is 179 g/mol. The first kappa shape index (κ1) is 10.7. The molecule has 0 rings (SSSR count). The maximum atomic E-state index is 10.8. The number of rotatable bonds is 2. The van der Waals surface area contributed by atoms with Gasteiger partial charge in [-0.3, -0.25) is 4.79 Å². The van der Waals surface area contributed by atoms with Crippen molar-refractivity contribution in [2.24, 2.45) is 11.1 Å². The maximum absolute atomic E-state index is 10.8. The van der Waals surface area contributed by atoms with Gasteiger partial charge in [0, 0.05) is 5.41 Å². The molecule has 0 saturated heterocycles. The number of nitrogens with two attached hydrogens (primary N) is 1. The van der Waals surface area contributed by atoms with E-state index in [1.165, 1.54) is 0 Å². The molecule has 0 aliphatic carbocycles. The average Bonchev–Trinajstić information content (AvgIpc) is 1.83. The first-order valence-electron chi connectivity index (χ1n) is 3.34. The predicted molar refractivity (Wildman–Crippen MR) is 44.3 cm³/mol. The molecule has 66 valence electrons. The molecule has 1 atom stereocenters. The highest BCUT2D eigenvalue weighted by atomic mass is 35.5. The molecule has 0 aromatic carbocycles. The van der Waals surface area contributed by atoms with E-state index in [0.29, 0.717) is 0 Å². The molecule has 0 radical (unpaired) electrons. The summed E-state index contributed by atoms with van der Waals surface area (Å²) < 4.78 is 0. The number of carbonyl (C=O) groups excluding carboxylic acids is 1. The Bertz CT molecular complexity index is 164. The van der Waals surface area contributed by atoms with Crippen molar-refractivity contribution in [1.29, 1.82) is 0 Å². The second kappa shape index (κ2) is 2.99. The van der Waals surface area contributed by atoms with Crippen LogP contribution in [-0.2, 0) is 4.79 Å². The minimum absolute atomic E-state index is 0.175. The zero-order chi connectivity index (χ0) is 9.28. The van der Waals surface area contributed by atoms with Crippen molar-refractivity contribution in [1.82, 2.24) is 0 Å². The van der Waals surface area contributed by atoms with Crippen molar-refractivity contribution in [2.75, 3.05) is 5.88 Å². The van der Waals surface area contributed by atoms with Crippen molar-refractivity contribution in [3.8, 4) is 0 Å². The molecule has 0 spiro atoms. The van der Waals surface area contributed by atoms with E-state index >= 15 is 0 Å². The number of alkyl halides is 1. The molecule has 0 aliphatic heterocycles. The standard InChI is InChI=1S/C7H14ClNO2/c1-6(2,3)7(11,4-8)5(9)10/h11H,4H2,1-3H3,(H2,9,10). The smallest absolute Gasteiger partial charge is 0.251 e. The van der Waals surface area contributed by atoms with Crippen LogP contribution in [-0.4, -0.2) is 22.5 Å². The van der Waals surface area contributed by atoms with Gasteiger partial charge in [-0.2, -0.15) is 0 Å². The van der Waals surface area contributed by atoms with E-state index in [0.717, 1.165) is 0 Å². The van der Waals surface area contributed by atoms with E-state index in [1.54, 1.807) is 20.8 Å². The fraction of sp³-hybridized carbons (Fsp3) is 0.857. The van der Waals surface area contributed by atoms with E-state index < -0.39 is 16.9 Å². The van der Waals surface area contributed by atoms with E-state index in [4.69, 9.17) is 17.3 Å². The van der Waals surface area contributed by atoms with E-state index in [2.05, 4.69) is 0 Å². The Labute approximate surface area is 71.5 Å². The Balaban J connectivity index is 4.75. The molecule has 1 unspecified atom stereocenters. The maximum Gasteiger partial charge on any atom is 0.251 e. The van der Waals surface area contributed by atoms with Crippen LogP contribution in [0, 0.1) is 5.41 Å². The van der Waals surface area contributed by atoms with Crippen LogP contribution in [0.1, 0.15) is 20.8 Å². The molecule has 0 aromatic rings. The Morgan fingerprint density at radius 2 is 1.91 bits per heavy atom. The molecule has 0 fully saturated rings. The molecule has 0 aromatic heterocycles. The molecule has 3 N–H and O–H groups in total. The van der Waals surface area contributed by atoms with Crippen LogP contribution in [0.5, 0.6) is 0 Å². The van der Waals surface area contributed by atoms with Crippen LogP contribution in [0.2, 0.25) is 0 Å². The van der Waals surface area contributed by atoms with E-state index in [-0.39, 0.29) is 5.88 Å². The third-order valence-electron chi connectivity index (χ3n) is 1.84. The van der Waals surface area contributed by atoms with Crippen molar-refractivity contribution < 1.29 is 9.90 Å². The van der Waals surface area contributed by atoms with Gasteiger partial charge in [-0.05, 0) is 0 Å². The summed E-state index contributed by atoms with van der Waals surface area (Å²) in [4.78, 5) is 10.8. The van der Waals surface area contributed by atoms with Gasteiger partial charge in [0.2, 0.25) is 0 Å². The molecule has 11 heavy (non-hydrogen) atoms. The van der Waals surface area contributed by atoms with Gasteiger partial charge in [-0.15, -0.1) is 11.6 Å². The van der Waals surface area contributed by atoms with Crippen LogP contribution in [0.15, 0.2) is 0 Å². The van der Waals surface area contributed by atoms with Gasteiger partial charge >= 0.3 is 0 Å². The normalized spacial score (nSPS) is 17.5. The van der Waals surface area contributed by atoms with Crippen molar-refractivity contribution in [2.45, 2.75) is 26.4 Å². The van der Waals surface area contributed by atoms with Crippen LogP contribution in [0.25, 0.3) is 0 Å². The fourth-order valence-electron chi connectivity index (χ4n) is 0.636. The molecular formula is C7H14ClNO2. The molecular weight excluding hydrogens is 166 g/mol. The number of amides is 1. The third kappa shape index (κ3) is 1.84. The minimum atomic E-state index is -1.62.